The van der Waals surface area contributed by atoms with Gasteiger partial charge in [-0.1, -0.05) is 80.1 Å². The summed E-state index contributed by atoms with van der Waals surface area (Å²) in [5, 5.41) is 0. The van der Waals surface area contributed by atoms with E-state index in [0.717, 1.165) is 17.9 Å². The maximum atomic E-state index is 2.56. The monoisotopic (exact) mass is 285 g/mol. The molecule has 1 fully saturated rings. The first-order valence-corrected chi connectivity index (χ1v) is 9.18. The minimum absolute atomic E-state index is 0.743. The summed E-state index contributed by atoms with van der Waals surface area (Å²) in [6.07, 6.45) is 8.15. The molecule has 2 atom stereocenters. The Hall–Kier alpha value is -0.0400. The first-order chi connectivity index (χ1) is 9.44. The first-order valence-electron chi connectivity index (χ1n) is 9.18. The quantitative estimate of drug-likeness (QED) is 0.567. The molecule has 1 saturated heterocycles. The van der Waals surface area contributed by atoms with Crippen molar-refractivity contribution in [1.82, 2.24) is 4.90 Å². The largest absolute Gasteiger partial charge is 0.300 e. The van der Waals surface area contributed by atoms with Crippen LogP contribution in [0.1, 0.15) is 93.9 Å². The van der Waals surface area contributed by atoms with Crippen molar-refractivity contribution in [1.29, 1.82) is 0 Å². The van der Waals surface area contributed by atoms with Crippen LogP contribution in [-0.4, -0.2) is 24.0 Å². The zero-order valence-corrected chi connectivity index (χ0v) is 15.8. The maximum absolute atomic E-state index is 2.56. The number of hydrogen-bond donors (Lipinski definition) is 0. The van der Waals surface area contributed by atoms with Gasteiger partial charge in [-0.25, -0.2) is 0 Å². The van der Waals surface area contributed by atoms with Gasteiger partial charge in [0, 0.05) is 19.1 Å². The number of rotatable bonds is 5. The van der Waals surface area contributed by atoms with Gasteiger partial charge < -0.3 is 4.90 Å². The highest BCUT2D eigenvalue weighted by Crippen LogP contribution is 2.23. The van der Waals surface area contributed by atoms with Crippen molar-refractivity contribution < 1.29 is 0 Å². The molecular formula is C19H43N. The van der Waals surface area contributed by atoms with Gasteiger partial charge in [-0.05, 0) is 25.7 Å². The van der Waals surface area contributed by atoms with Gasteiger partial charge >= 0.3 is 0 Å². The van der Waals surface area contributed by atoms with Crippen LogP contribution >= 0.6 is 0 Å². The van der Waals surface area contributed by atoms with Gasteiger partial charge in [-0.3, -0.25) is 0 Å². The number of unbranched alkanes of at least 4 members (excludes halogenated alkanes) is 4. The molecule has 1 nitrogen and oxygen atoms in total. The van der Waals surface area contributed by atoms with E-state index in [-0.39, 0.29) is 0 Å². The fourth-order valence-electron chi connectivity index (χ4n) is 2.30. The molecule has 0 N–H and O–H groups in total. The van der Waals surface area contributed by atoms with Crippen LogP contribution in [0.3, 0.4) is 0 Å². The summed E-state index contributed by atoms with van der Waals surface area (Å²) in [6.45, 7) is 20.7. The molecule has 0 spiro atoms. The Morgan fingerprint density at radius 2 is 1.05 bits per heavy atom. The summed E-state index contributed by atoms with van der Waals surface area (Å²) >= 11 is 0. The van der Waals surface area contributed by atoms with E-state index in [9.17, 15) is 0 Å². The van der Waals surface area contributed by atoms with Crippen molar-refractivity contribution in [2.75, 3.05) is 13.1 Å². The fraction of sp³-hybridized carbons (Fsp3) is 1.00. The topological polar surface area (TPSA) is 3.24 Å². The lowest BCUT2D eigenvalue weighted by Crippen LogP contribution is -2.28. The molecule has 0 aromatic carbocycles. The maximum Gasteiger partial charge on any atom is 0.00388 e. The van der Waals surface area contributed by atoms with E-state index in [1.807, 2.05) is 0 Å². The fourth-order valence-corrected chi connectivity index (χ4v) is 2.30. The molecule has 1 rings (SSSR count). The third-order valence-electron chi connectivity index (χ3n) is 4.16. The van der Waals surface area contributed by atoms with Crippen molar-refractivity contribution in [2.24, 2.45) is 11.8 Å². The molecule has 1 aliphatic heterocycles. The van der Waals surface area contributed by atoms with Crippen molar-refractivity contribution >= 4 is 0 Å². The van der Waals surface area contributed by atoms with Crippen molar-refractivity contribution in [3.05, 3.63) is 0 Å². The van der Waals surface area contributed by atoms with Crippen molar-refractivity contribution in [3.8, 4) is 0 Å². The molecule has 2 unspecified atom stereocenters. The van der Waals surface area contributed by atoms with Crippen LogP contribution in [0.25, 0.3) is 0 Å². The predicted octanol–water partition coefficient (Wildman–Crippen LogP) is 6.38. The van der Waals surface area contributed by atoms with Crippen LogP contribution in [0.2, 0.25) is 0 Å². The first kappa shape index (κ1) is 22.2. The molecule has 0 radical (unpaired) electrons. The Labute approximate surface area is 130 Å². The van der Waals surface area contributed by atoms with E-state index < -0.39 is 0 Å². The average Bonchev–Trinajstić information content (AvgIpc) is 2.73. The van der Waals surface area contributed by atoms with E-state index in [1.54, 1.807) is 0 Å². The molecule has 0 saturated carbocycles. The number of hydrogen-bond acceptors (Lipinski definition) is 1. The molecule has 1 heterocycles. The van der Waals surface area contributed by atoms with Gasteiger partial charge in [0.25, 0.3) is 0 Å². The van der Waals surface area contributed by atoms with Gasteiger partial charge in [-0.2, -0.15) is 0 Å². The van der Waals surface area contributed by atoms with Crippen molar-refractivity contribution in [3.63, 3.8) is 0 Å². The van der Waals surface area contributed by atoms with E-state index in [2.05, 4.69) is 60.3 Å². The summed E-state index contributed by atoms with van der Waals surface area (Å²) in [6, 6.07) is 0.743. The number of likely N-dealkylation sites (tertiary alicyclic amines) is 1. The zero-order valence-electron chi connectivity index (χ0n) is 15.8. The Morgan fingerprint density at radius 1 is 0.750 bits per heavy atom. The van der Waals surface area contributed by atoms with E-state index in [1.165, 1.54) is 51.6 Å². The average molecular weight is 286 g/mol. The standard InChI is InChI=1S/C9H19N.2C5H12/c1-7(2)10-5-8(3)9(4)6-10;2*1-3-5-4-2/h7-9H,5-6H2,1-4H3;2*3-5H2,1-2H3. The van der Waals surface area contributed by atoms with Gasteiger partial charge in [0.2, 0.25) is 0 Å². The predicted molar refractivity (Wildman–Crippen MR) is 95.4 cm³/mol. The van der Waals surface area contributed by atoms with Crippen LogP contribution in [0.4, 0.5) is 0 Å². The van der Waals surface area contributed by atoms with Gasteiger partial charge in [-0.15, -0.1) is 0 Å². The Kier molecular flexibility index (Phi) is 17.1. The highest BCUT2D eigenvalue weighted by atomic mass is 15.2. The molecule has 0 bridgehead atoms. The molecule has 20 heavy (non-hydrogen) atoms. The number of nitrogens with zero attached hydrogens (tertiary/aromatic N) is 1. The second-order valence-electron chi connectivity index (χ2n) is 6.71. The van der Waals surface area contributed by atoms with Crippen LogP contribution < -0.4 is 0 Å². The molecule has 1 aliphatic rings. The Morgan fingerprint density at radius 3 is 1.15 bits per heavy atom. The molecule has 0 aromatic rings. The van der Waals surface area contributed by atoms with E-state index in [4.69, 9.17) is 0 Å². The highest BCUT2D eigenvalue weighted by molar-refractivity contribution is 4.80. The third-order valence-corrected chi connectivity index (χ3v) is 4.16. The summed E-state index contributed by atoms with van der Waals surface area (Å²) in [7, 11) is 0. The summed E-state index contributed by atoms with van der Waals surface area (Å²) in [5.74, 6) is 1.81. The zero-order chi connectivity index (χ0) is 16.0. The lowest BCUT2D eigenvalue weighted by Gasteiger charge is -2.19. The van der Waals surface area contributed by atoms with Crippen LogP contribution in [0, 0.1) is 11.8 Å². The normalized spacial score (nSPS) is 22.1. The minimum atomic E-state index is 0.743. The molecule has 0 amide bonds. The van der Waals surface area contributed by atoms with Crippen molar-refractivity contribution in [2.45, 2.75) is 100.0 Å². The Balaban J connectivity index is 0. The molecule has 1 heteroatoms. The minimum Gasteiger partial charge on any atom is -0.300 e. The SMILES string of the molecule is CC1CN(C(C)C)CC1C.CCCCC.CCCCC. The van der Waals surface area contributed by atoms with Crippen LogP contribution in [0.5, 0.6) is 0 Å². The lowest BCUT2D eigenvalue weighted by molar-refractivity contribution is 0.264. The van der Waals surface area contributed by atoms with E-state index >= 15 is 0 Å². The van der Waals surface area contributed by atoms with Crippen LogP contribution in [-0.2, 0) is 0 Å². The highest BCUT2D eigenvalue weighted by Gasteiger charge is 2.26. The van der Waals surface area contributed by atoms with Gasteiger partial charge in [0.15, 0.2) is 0 Å². The summed E-state index contributed by atoms with van der Waals surface area (Å²) < 4.78 is 0. The molecule has 0 aromatic heterocycles. The smallest absolute Gasteiger partial charge is 0.00388 e. The van der Waals surface area contributed by atoms with Gasteiger partial charge in [0.1, 0.15) is 0 Å². The van der Waals surface area contributed by atoms with E-state index in [0.29, 0.717) is 0 Å². The summed E-state index contributed by atoms with van der Waals surface area (Å²) in [4.78, 5) is 2.56. The molecular weight excluding hydrogens is 242 g/mol. The summed E-state index contributed by atoms with van der Waals surface area (Å²) in [5.41, 5.74) is 0. The second-order valence-corrected chi connectivity index (χ2v) is 6.71. The Bertz CT molecular complexity index is 157. The third kappa shape index (κ3) is 13.0. The second kappa shape index (κ2) is 15.4. The molecule has 0 aliphatic carbocycles. The lowest BCUT2D eigenvalue weighted by atomic mass is 10.0. The van der Waals surface area contributed by atoms with Crippen LogP contribution in [0.15, 0.2) is 0 Å². The van der Waals surface area contributed by atoms with Gasteiger partial charge in [0.05, 0.1) is 0 Å². The molecule has 124 valence electrons.